The highest BCUT2D eigenvalue weighted by molar-refractivity contribution is 5.88. The van der Waals surface area contributed by atoms with Crippen LogP contribution in [0, 0.1) is 16.7 Å². The molecule has 33 heavy (non-hydrogen) atoms. The van der Waals surface area contributed by atoms with E-state index in [4.69, 9.17) is 0 Å². The Balaban J connectivity index is 1.40. The Morgan fingerprint density at radius 3 is 2.36 bits per heavy atom. The van der Waals surface area contributed by atoms with Gasteiger partial charge in [0.2, 0.25) is 5.91 Å². The molecule has 178 valence electrons. The maximum absolute atomic E-state index is 14.9. The van der Waals surface area contributed by atoms with Crippen molar-refractivity contribution in [3.8, 4) is 6.07 Å². The minimum atomic E-state index is -3.20. The van der Waals surface area contributed by atoms with E-state index < -0.39 is 42.3 Å². The van der Waals surface area contributed by atoms with Crippen molar-refractivity contribution in [3.05, 3.63) is 35.9 Å². The van der Waals surface area contributed by atoms with E-state index in [0.717, 1.165) is 25.9 Å². The Kier molecular flexibility index (Phi) is 6.32. The van der Waals surface area contributed by atoms with Gasteiger partial charge >= 0.3 is 6.03 Å². The van der Waals surface area contributed by atoms with Gasteiger partial charge in [-0.05, 0) is 51.4 Å². The summed E-state index contributed by atoms with van der Waals surface area (Å²) in [5.41, 5.74) is -0.447. The smallest absolute Gasteiger partial charge is 0.318 e. The monoisotopic (exact) mass is 459 g/mol. The number of amides is 3. The molecule has 0 radical (unpaired) electrons. The molecule has 1 aromatic carbocycles. The van der Waals surface area contributed by atoms with Gasteiger partial charge in [-0.1, -0.05) is 30.3 Å². The van der Waals surface area contributed by atoms with Crippen molar-refractivity contribution in [2.75, 3.05) is 33.2 Å². The molecule has 1 spiro atoms. The van der Waals surface area contributed by atoms with Crippen LogP contribution in [0.15, 0.2) is 30.3 Å². The third kappa shape index (κ3) is 5.61. The number of benzene rings is 1. The van der Waals surface area contributed by atoms with E-state index >= 15 is 0 Å². The van der Waals surface area contributed by atoms with E-state index in [0.29, 0.717) is 31.5 Å². The Hall–Kier alpha value is -2.73. The predicted molar refractivity (Wildman–Crippen MR) is 118 cm³/mol. The zero-order valence-corrected chi connectivity index (χ0v) is 18.9. The number of hydrogen-bond donors (Lipinski definition) is 2. The summed E-state index contributed by atoms with van der Waals surface area (Å²) in [6, 6.07) is 8.45. The molecule has 1 atom stereocenters. The molecule has 0 bridgehead atoms. The summed E-state index contributed by atoms with van der Waals surface area (Å²) in [7, 11) is 2.07. The van der Waals surface area contributed by atoms with Crippen molar-refractivity contribution in [1.82, 2.24) is 20.4 Å². The standard InChI is InChI=1S/C24H31F2N5O2/c1-30-11-9-22(10-12-30)16-31(17-22)21(33)28-19(20(32)29-23(15-27)7-8-23)14-24(25,26)13-18-5-3-2-4-6-18/h2-6,19H,7-14,16-17H2,1H3,(H,28,33)(H,29,32). The third-order valence-corrected chi connectivity index (χ3v) is 7.14. The second-order valence-electron chi connectivity index (χ2n) is 10.1. The van der Waals surface area contributed by atoms with Gasteiger partial charge in [0.05, 0.1) is 6.07 Å². The van der Waals surface area contributed by atoms with Crippen LogP contribution in [0.4, 0.5) is 13.6 Å². The van der Waals surface area contributed by atoms with Crippen LogP contribution < -0.4 is 10.6 Å². The fourth-order valence-corrected chi connectivity index (χ4v) is 4.74. The third-order valence-electron chi connectivity index (χ3n) is 7.14. The average molecular weight is 460 g/mol. The van der Waals surface area contributed by atoms with Crippen LogP contribution in [0.3, 0.4) is 0 Å². The molecular formula is C24H31F2N5O2. The molecule has 2 heterocycles. The molecule has 3 amide bonds. The molecule has 4 rings (SSSR count). The van der Waals surface area contributed by atoms with E-state index in [9.17, 15) is 23.6 Å². The summed E-state index contributed by atoms with van der Waals surface area (Å²) >= 11 is 0. The summed E-state index contributed by atoms with van der Waals surface area (Å²) in [4.78, 5) is 29.5. The Labute approximate surface area is 193 Å². The van der Waals surface area contributed by atoms with Gasteiger partial charge in [0.25, 0.3) is 5.92 Å². The van der Waals surface area contributed by atoms with Crippen LogP contribution in [0.1, 0.15) is 37.7 Å². The molecule has 2 N–H and O–H groups in total. The Morgan fingerprint density at radius 1 is 1.15 bits per heavy atom. The quantitative estimate of drug-likeness (QED) is 0.656. The number of alkyl halides is 2. The zero-order valence-electron chi connectivity index (χ0n) is 18.9. The zero-order chi connectivity index (χ0) is 23.7. The lowest BCUT2D eigenvalue weighted by atomic mass is 9.72. The van der Waals surface area contributed by atoms with Gasteiger partial charge in [-0.15, -0.1) is 0 Å². The number of nitrogens with zero attached hydrogens (tertiary/aromatic N) is 3. The Morgan fingerprint density at radius 2 is 1.79 bits per heavy atom. The highest BCUT2D eigenvalue weighted by atomic mass is 19.3. The van der Waals surface area contributed by atoms with Gasteiger partial charge in [-0.25, -0.2) is 13.6 Å². The molecule has 2 aliphatic heterocycles. The number of likely N-dealkylation sites (tertiary alicyclic amines) is 2. The molecule has 1 unspecified atom stereocenters. The fraction of sp³-hybridized carbons (Fsp3) is 0.625. The fourth-order valence-electron chi connectivity index (χ4n) is 4.74. The first-order chi connectivity index (χ1) is 15.6. The molecule has 0 aromatic heterocycles. The second-order valence-corrected chi connectivity index (χ2v) is 10.1. The molecular weight excluding hydrogens is 428 g/mol. The lowest BCUT2D eigenvalue weighted by Gasteiger charge is -2.53. The first kappa shape index (κ1) is 23.4. The number of nitriles is 1. The van der Waals surface area contributed by atoms with Crippen molar-refractivity contribution in [2.45, 2.75) is 56.0 Å². The van der Waals surface area contributed by atoms with E-state index in [-0.39, 0.29) is 5.41 Å². The maximum Gasteiger partial charge on any atom is 0.318 e. The molecule has 3 fully saturated rings. The van der Waals surface area contributed by atoms with E-state index in [1.165, 1.54) is 0 Å². The minimum Gasteiger partial charge on any atom is -0.336 e. The number of nitrogens with one attached hydrogen (secondary N) is 2. The van der Waals surface area contributed by atoms with Gasteiger partial charge in [-0.3, -0.25) is 4.79 Å². The minimum absolute atomic E-state index is 0.0950. The van der Waals surface area contributed by atoms with Crippen LogP contribution in [0.5, 0.6) is 0 Å². The van der Waals surface area contributed by atoms with Gasteiger partial charge in [0.15, 0.2) is 0 Å². The molecule has 1 aromatic rings. The normalized spacial score (nSPS) is 22.1. The van der Waals surface area contributed by atoms with Crippen LogP contribution in [-0.4, -0.2) is 72.5 Å². The molecule has 2 saturated heterocycles. The molecule has 7 nitrogen and oxygen atoms in total. The summed E-state index contributed by atoms with van der Waals surface area (Å²) in [6.07, 6.45) is 1.61. The number of rotatable bonds is 7. The van der Waals surface area contributed by atoms with E-state index in [2.05, 4.69) is 22.6 Å². The first-order valence-electron chi connectivity index (χ1n) is 11.5. The summed E-state index contributed by atoms with van der Waals surface area (Å²) in [6.45, 7) is 3.10. The largest absolute Gasteiger partial charge is 0.336 e. The lowest BCUT2D eigenvalue weighted by Crippen LogP contribution is -2.65. The molecule has 3 aliphatic rings. The van der Waals surface area contributed by atoms with Gasteiger partial charge in [0, 0.05) is 31.3 Å². The van der Waals surface area contributed by atoms with Crippen LogP contribution in [0.25, 0.3) is 0 Å². The van der Waals surface area contributed by atoms with Gasteiger partial charge in [-0.2, -0.15) is 5.26 Å². The number of urea groups is 1. The summed E-state index contributed by atoms with van der Waals surface area (Å²) in [5, 5.41) is 14.4. The number of piperidine rings is 1. The van der Waals surface area contributed by atoms with Crippen molar-refractivity contribution in [3.63, 3.8) is 0 Å². The topological polar surface area (TPSA) is 88.5 Å². The number of hydrogen-bond acceptors (Lipinski definition) is 4. The number of carbonyl (C=O) groups is 2. The van der Waals surface area contributed by atoms with Crippen molar-refractivity contribution >= 4 is 11.9 Å². The van der Waals surface area contributed by atoms with Gasteiger partial charge in [0.1, 0.15) is 11.6 Å². The summed E-state index contributed by atoms with van der Waals surface area (Å²) in [5.74, 6) is -3.94. The Bertz CT molecular complexity index is 913. The average Bonchev–Trinajstić information content (AvgIpc) is 3.52. The first-order valence-corrected chi connectivity index (χ1v) is 11.5. The number of halogens is 2. The number of carbonyl (C=O) groups excluding carboxylic acids is 2. The van der Waals surface area contributed by atoms with E-state index in [1.807, 2.05) is 6.07 Å². The predicted octanol–water partition coefficient (Wildman–Crippen LogP) is 2.53. The van der Waals surface area contributed by atoms with Crippen LogP contribution in [-0.2, 0) is 11.2 Å². The lowest BCUT2D eigenvalue weighted by molar-refractivity contribution is -0.126. The van der Waals surface area contributed by atoms with Crippen LogP contribution in [0.2, 0.25) is 0 Å². The highest BCUT2D eigenvalue weighted by Crippen LogP contribution is 2.40. The highest BCUT2D eigenvalue weighted by Gasteiger charge is 2.49. The molecule has 1 saturated carbocycles. The van der Waals surface area contributed by atoms with Crippen molar-refractivity contribution in [2.24, 2.45) is 5.41 Å². The SMILES string of the molecule is CN1CCC2(CC1)CN(C(=O)NC(CC(F)(F)Cc1ccccc1)C(=O)NC1(C#N)CC1)C2. The maximum atomic E-state index is 14.9. The van der Waals surface area contributed by atoms with Crippen LogP contribution >= 0.6 is 0 Å². The second kappa shape index (κ2) is 8.90. The summed E-state index contributed by atoms with van der Waals surface area (Å²) < 4.78 is 29.8. The molecule has 1 aliphatic carbocycles. The van der Waals surface area contributed by atoms with Crippen molar-refractivity contribution in [1.29, 1.82) is 5.26 Å². The van der Waals surface area contributed by atoms with Crippen molar-refractivity contribution < 1.29 is 18.4 Å². The van der Waals surface area contributed by atoms with Gasteiger partial charge < -0.3 is 20.4 Å². The molecule has 9 heteroatoms. The van der Waals surface area contributed by atoms with E-state index in [1.54, 1.807) is 35.2 Å².